The highest BCUT2D eigenvalue weighted by molar-refractivity contribution is 5.70. The van der Waals surface area contributed by atoms with E-state index in [0.29, 0.717) is 0 Å². The molecule has 0 aliphatic carbocycles. The van der Waals surface area contributed by atoms with Crippen LogP contribution in [0.25, 0.3) is 4.85 Å². The summed E-state index contributed by atoms with van der Waals surface area (Å²) < 4.78 is 40.4. The first kappa shape index (κ1) is 11.7. The Kier molecular flexibility index (Phi) is 3.62. The smallest absolute Gasteiger partial charge is 0.308 e. The number of hydrogen-bond donors (Lipinski definition) is 0. The maximum atomic E-state index is 12.2. The van der Waals surface area contributed by atoms with Crippen LogP contribution in [0.3, 0.4) is 0 Å². The third kappa shape index (κ3) is 6.04. The van der Waals surface area contributed by atoms with Crippen molar-refractivity contribution in [2.45, 2.75) is 71.0 Å². The minimum Gasteiger partial charge on any atom is -0.460 e. The largest absolute Gasteiger partial charge is 0.460 e. The Bertz CT molecular complexity index is 481. The number of hydrogen-bond acceptors (Lipinski definition) is 4. The van der Waals surface area contributed by atoms with Gasteiger partial charge >= 0.3 is 5.97 Å². The van der Waals surface area contributed by atoms with Crippen LogP contribution in [0.2, 0.25) is 0 Å². The summed E-state index contributed by atoms with van der Waals surface area (Å²) in [7, 11) is 0. The maximum absolute atomic E-state index is 12.2. The van der Waals surface area contributed by atoms with E-state index >= 15 is 0 Å². The van der Waals surface area contributed by atoms with Crippen molar-refractivity contribution in [3.05, 3.63) is 11.4 Å². The summed E-state index contributed by atoms with van der Waals surface area (Å²) in [6.45, 7) is 14.8. The Balaban J connectivity index is 3.08. The van der Waals surface area contributed by atoms with Gasteiger partial charge in [-0.1, -0.05) is 0 Å². The van der Waals surface area contributed by atoms with Gasteiger partial charge < -0.3 is 19.1 Å². The van der Waals surface area contributed by atoms with Crippen molar-refractivity contribution in [2.75, 3.05) is 6.54 Å². The van der Waals surface area contributed by atoms with E-state index in [4.69, 9.17) is 24.9 Å². The van der Waals surface area contributed by atoms with Gasteiger partial charge in [0.1, 0.15) is 11.7 Å². The van der Waals surface area contributed by atoms with Gasteiger partial charge in [-0.25, -0.2) is 6.57 Å². The van der Waals surface area contributed by atoms with Crippen LogP contribution in [-0.4, -0.2) is 36.1 Å². The van der Waals surface area contributed by atoms with Crippen LogP contribution in [0.1, 0.15) is 51.5 Å². The van der Waals surface area contributed by atoms with E-state index in [9.17, 15) is 4.79 Å². The monoisotopic (exact) mass is 272 g/mol. The molecule has 1 rings (SSSR count). The Labute approximate surface area is 119 Å². The lowest BCUT2D eigenvalue weighted by molar-refractivity contribution is -0.296. The second-order valence-corrected chi connectivity index (χ2v) is 5.84. The lowest BCUT2D eigenvalue weighted by Crippen LogP contribution is -2.46. The van der Waals surface area contributed by atoms with E-state index in [1.165, 1.54) is 13.8 Å². The summed E-state index contributed by atoms with van der Waals surface area (Å²) in [5.41, 5.74) is -0.878. The van der Waals surface area contributed by atoms with Gasteiger partial charge in [0.2, 0.25) is 6.54 Å². The maximum Gasteiger partial charge on any atom is 0.308 e. The summed E-state index contributed by atoms with van der Waals surface area (Å²) in [5, 5.41) is 0. The van der Waals surface area contributed by atoms with Gasteiger partial charge in [-0.3, -0.25) is 4.79 Å². The quantitative estimate of drug-likeness (QED) is 0.585. The molecule has 0 bridgehead atoms. The summed E-state index contributed by atoms with van der Waals surface area (Å²) in [4.78, 5) is 15.4. The molecule has 1 heterocycles. The zero-order valence-electron chi connectivity index (χ0n) is 15.1. The predicted molar refractivity (Wildman–Crippen MR) is 70.4 cm³/mol. The molecule has 0 aromatic carbocycles. The van der Waals surface area contributed by atoms with Gasteiger partial charge in [-0.2, -0.15) is 0 Å². The summed E-state index contributed by atoms with van der Waals surface area (Å²) in [6.07, 6.45) is -5.80. The van der Waals surface area contributed by atoms with Gasteiger partial charge in [0.15, 0.2) is 5.79 Å². The lowest BCUT2D eigenvalue weighted by atomic mass is 10.1. The molecule has 0 spiro atoms. The molecule has 0 aromatic rings. The topological polar surface area (TPSA) is 49.1 Å². The van der Waals surface area contributed by atoms with Crippen molar-refractivity contribution in [3.8, 4) is 0 Å². The molecule has 5 heteroatoms. The third-order valence-corrected chi connectivity index (χ3v) is 2.17. The third-order valence-electron chi connectivity index (χ3n) is 2.17. The minimum atomic E-state index is -2.69. The van der Waals surface area contributed by atoms with Crippen molar-refractivity contribution in [1.82, 2.24) is 0 Å². The highest BCUT2D eigenvalue weighted by Crippen LogP contribution is 2.29. The summed E-state index contributed by atoms with van der Waals surface area (Å²) >= 11 is 0. The molecule has 5 nitrogen and oxygen atoms in total. The Morgan fingerprint density at radius 3 is 2.74 bits per heavy atom. The highest BCUT2D eigenvalue weighted by Gasteiger charge is 2.38. The molecule has 0 saturated carbocycles. The summed E-state index contributed by atoms with van der Waals surface area (Å²) in [5.74, 6) is -2.43. The van der Waals surface area contributed by atoms with Crippen molar-refractivity contribution < 1.29 is 23.1 Å². The van der Waals surface area contributed by atoms with Crippen LogP contribution >= 0.6 is 0 Å². The van der Waals surface area contributed by atoms with E-state index in [2.05, 4.69) is 4.85 Å². The fraction of sp³-hybridized carbons (Fsp3) is 0.857. The molecule has 0 amide bonds. The van der Waals surface area contributed by atoms with Crippen molar-refractivity contribution in [3.63, 3.8) is 0 Å². The van der Waals surface area contributed by atoms with Crippen molar-refractivity contribution in [2.24, 2.45) is 0 Å². The van der Waals surface area contributed by atoms with Gasteiger partial charge in [0, 0.05) is 9.16 Å². The fourth-order valence-electron chi connectivity index (χ4n) is 1.71. The van der Waals surface area contributed by atoms with Crippen LogP contribution in [0.15, 0.2) is 0 Å². The predicted octanol–water partition coefficient (Wildman–Crippen LogP) is 2.55. The highest BCUT2D eigenvalue weighted by atomic mass is 16.7. The van der Waals surface area contributed by atoms with E-state index in [-0.39, 0.29) is 13.0 Å². The number of rotatable bonds is 3. The first-order chi connectivity index (χ1) is 9.72. The molecule has 0 aromatic heterocycles. The normalized spacial score (nSPS) is 33.5. The Hall–Kier alpha value is -1.12. The van der Waals surface area contributed by atoms with Crippen LogP contribution < -0.4 is 0 Å². The number of esters is 1. The second-order valence-electron chi connectivity index (χ2n) is 5.84. The van der Waals surface area contributed by atoms with E-state index < -0.39 is 35.9 Å². The zero-order chi connectivity index (χ0) is 17.4. The molecular weight excluding hydrogens is 246 g/mol. The minimum absolute atomic E-state index is 0.0299. The number of carbonyl (C=O) groups is 1. The fourth-order valence-corrected chi connectivity index (χ4v) is 1.71. The molecule has 2 atom stereocenters. The average Bonchev–Trinajstić information content (AvgIpc) is 2.23. The molecule has 19 heavy (non-hydrogen) atoms. The van der Waals surface area contributed by atoms with E-state index in [0.717, 1.165) is 0 Å². The molecule has 0 radical (unpaired) electrons. The molecule has 1 saturated heterocycles. The standard InChI is InChI=1S/C14H23NO4/c1-13(2,3)19-12(16)8-10-7-11(9-15-6)18-14(4,5)17-10/h10-11H,7-9H2,1-5H3/t10-,11+/m1/s1/i8D2,10D. The number of carbonyl (C=O) groups excluding carboxylic acids is 1. The Morgan fingerprint density at radius 2 is 2.21 bits per heavy atom. The van der Waals surface area contributed by atoms with Crippen molar-refractivity contribution in [1.29, 1.82) is 0 Å². The average molecular weight is 272 g/mol. The Morgan fingerprint density at radius 1 is 1.58 bits per heavy atom. The summed E-state index contributed by atoms with van der Waals surface area (Å²) in [6, 6.07) is 0. The lowest BCUT2D eigenvalue weighted by Gasteiger charge is -2.39. The molecule has 1 fully saturated rings. The van der Waals surface area contributed by atoms with Crippen LogP contribution in [0, 0.1) is 6.57 Å². The van der Waals surface area contributed by atoms with E-state index in [1.54, 1.807) is 20.8 Å². The van der Waals surface area contributed by atoms with Gasteiger partial charge in [0.05, 0.1) is 13.8 Å². The first-order valence-electron chi connectivity index (χ1n) is 7.67. The van der Waals surface area contributed by atoms with Crippen LogP contribution in [0.4, 0.5) is 0 Å². The second kappa shape index (κ2) is 5.89. The van der Waals surface area contributed by atoms with Gasteiger partial charge in [-0.15, -0.1) is 0 Å². The first-order valence-corrected chi connectivity index (χ1v) is 6.17. The molecular formula is C14H23NO4. The van der Waals surface area contributed by atoms with Crippen LogP contribution in [0.5, 0.6) is 0 Å². The zero-order valence-corrected chi connectivity index (χ0v) is 12.1. The molecule has 0 N–H and O–H groups in total. The van der Waals surface area contributed by atoms with Crippen molar-refractivity contribution >= 4 is 5.97 Å². The van der Waals surface area contributed by atoms with Gasteiger partial charge in [0.25, 0.3) is 0 Å². The number of nitrogens with zero attached hydrogens (tertiary/aromatic N) is 1. The van der Waals surface area contributed by atoms with Gasteiger partial charge in [-0.05, 0) is 34.6 Å². The molecule has 0 unspecified atom stereocenters. The molecule has 108 valence electrons. The molecule has 1 aliphatic rings. The molecule has 1 aliphatic heterocycles. The SMILES string of the molecule is [2H]C([2H])(C(=O)OC(C)(C)C)[C@@]1([2H])C[C@@H](C[N+]#[C-])OC(C)(C)O1. The number of ether oxygens (including phenoxy) is 3. The van der Waals surface area contributed by atoms with Crippen LogP contribution in [-0.2, 0) is 19.0 Å². The van der Waals surface area contributed by atoms with E-state index in [1.807, 2.05) is 0 Å².